The van der Waals surface area contributed by atoms with Crippen LogP contribution in [-0.4, -0.2) is 48.7 Å². The lowest BCUT2D eigenvalue weighted by Crippen LogP contribution is -2.44. The van der Waals surface area contributed by atoms with Crippen LogP contribution in [0, 0.1) is 10.1 Å². The Morgan fingerprint density at radius 3 is 2.64 bits per heavy atom. The van der Waals surface area contributed by atoms with E-state index in [4.69, 9.17) is 4.74 Å². The first kappa shape index (κ1) is 18.0. The Morgan fingerprint density at radius 2 is 1.96 bits per heavy atom. The molecule has 2 heterocycles. The number of morpholine rings is 1. The van der Waals surface area contributed by atoms with Crippen LogP contribution in [0.15, 0.2) is 36.4 Å². The fourth-order valence-corrected chi connectivity index (χ4v) is 3.85. The molecule has 0 saturated carbocycles. The van der Waals surface area contributed by atoms with Gasteiger partial charge in [0.2, 0.25) is 0 Å². The fraction of sp³-hybridized carbons (Fsp3) is 0.444. The van der Waals surface area contributed by atoms with E-state index < -0.39 is 0 Å². The van der Waals surface area contributed by atoms with E-state index in [-0.39, 0.29) is 10.6 Å². The monoisotopic (exact) mass is 361 g/mol. The van der Waals surface area contributed by atoms with Crippen molar-refractivity contribution >= 4 is 17.0 Å². The van der Waals surface area contributed by atoms with Crippen molar-refractivity contribution in [2.24, 2.45) is 0 Å². The van der Waals surface area contributed by atoms with Crippen molar-refractivity contribution < 1.29 is 9.66 Å². The molecule has 0 amide bonds. The van der Waals surface area contributed by atoms with Gasteiger partial charge in [-0.05, 0) is 36.8 Å². The molecule has 1 aromatic heterocycles. The fourth-order valence-electron chi connectivity index (χ4n) is 2.89. The zero-order valence-corrected chi connectivity index (χ0v) is 15.1. The van der Waals surface area contributed by atoms with Crippen LogP contribution in [0.1, 0.15) is 11.8 Å². The SMILES string of the molecule is CC(CN1CCOCC1)NCc1ccc(-c2ccc([N+](=O)[O-])cc2)s1. The van der Waals surface area contributed by atoms with E-state index in [2.05, 4.69) is 29.3 Å². The number of thiophene rings is 1. The molecule has 0 spiro atoms. The number of nitrogens with one attached hydrogen (secondary N) is 1. The molecular formula is C18H23N3O3S. The number of nitro benzene ring substituents is 1. The van der Waals surface area contributed by atoms with Gasteiger partial charge in [0, 0.05) is 54.1 Å². The molecule has 1 N–H and O–H groups in total. The molecular weight excluding hydrogens is 338 g/mol. The summed E-state index contributed by atoms with van der Waals surface area (Å²) in [5.74, 6) is 0. The van der Waals surface area contributed by atoms with E-state index in [1.54, 1.807) is 23.5 Å². The van der Waals surface area contributed by atoms with Crippen molar-refractivity contribution in [1.29, 1.82) is 0 Å². The first-order chi connectivity index (χ1) is 12.1. The Kier molecular flexibility index (Phi) is 6.14. The second kappa shape index (κ2) is 8.53. The summed E-state index contributed by atoms with van der Waals surface area (Å²) in [7, 11) is 0. The van der Waals surface area contributed by atoms with Crippen molar-refractivity contribution in [3.8, 4) is 10.4 Å². The van der Waals surface area contributed by atoms with Crippen LogP contribution < -0.4 is 5.32 Å². The molecule has 7 heteroatoms. The molecule has 1 aliphatic heterocycles. The summed E-state index contributed by atoms with van der Waals surface area (Å²) in [5, 5.41) is 14.3. The van der Waals surface area contributed by atoms with Crippen LogP contribution in [-0.2, 0) is 11.3 Å². The summed E-state index contributed by atoms with van der Waals surface area (Å²) >= 11 is 1.72. The number of non-ortho nitro benzene ring substituents is 1. The summed E-state index contributed by atoms with van der Waals surface area (Å²) in [4.78, 5) is 15.2. The lowest BCUT2D eigenvalue weighted by Gasteiger charge is -2.29. The topological polar surface area (TPSA) is 67.6 Å². The average Bonchev–Trinajstić information content (AvgIpc) is 3.10. The largest absolute Gasteiger partial charge is 0.379 e. The predicted octanol–water partition coefficient (Wildman–Crippen LogP) is 3.13. The minimum Gasteiger partial charge on any atom is -0.379 e. The highest BCUT2D eigenvalue weighted by Crippen LogP contribution is 2.29. The second-order valence-electron chi connectivity index (χ2n) is 6.26. The van der Waals surface area contributed by atoms with E-state index >= 15 is 0 Å². The minimum absolute atomic E-state index is 0.124. The lowest BCUT2D eigenvalue weighted by molar-refractivity contribution is -0.384. The van der Waals surface area contributed by atoms with Crippen LogP contribution >= 0.6 is 11.3 Å². The standard InChI is InChI=1S/C18H23N3O3S/c1-14(13-20-8-10-24-11-9-20)19-12-17-6-7-18(25-17)15-2-4-16(5-3-15)21(22)23/h2-7,14,19H,8-13H2,1H3. The van der Waals surface area contributed by atoms with Crippen LogP contribution in [0.4, 0.5) is 5.69 Å². The molecule has 0 radical (unpaired) electrons. The third kappa shape index (κ3) is 5.09. The molecule has 6 nitrogen and oxygen atoms in total. The predicted molar refractivity (Wildman–Crippen MR) is 100.0 cm³/mol. The van der Waals surface area contributed by atoms with E-state index in [0.717, 1.165) is 49.8 Å². The number of nitrogens with zero attached hydrogens (tertiary/aromatic N) is 2. The van der Waals surface area contributed by atoms with E-state index in [0.29, 0.717) is 6.04 Å². The van der Waals surface area contributed by atoms with Crippen molar-refractivity contribution in [2.45, 2.75) is 19.5 Å². The smallest absolute Gasteiger partial charge is 0.269 e. The lowest BCUT2D eigenvalue weighted by atomic mass is 10.2. The molecule has 1 aliphatic rings. The molecule has 25 heavy (non-hydrogen) atoms. The molecule has 1 atom stereocenters. The summed E-state index contributed by atoms with van der Waals surface area (Å²) in [6.07, 6.45) is 0. The first-order valence-electron chi connectivity index (χ1n) is 8.49. The van der Waals surface area contributed by atoms with Crippen LogP contribution in [0.25, 0.3) is 10.4 Å². The van der Waals surface area contributed by atoms with Crippen molar-refractivity contribution in [2.75, 3.05) is 32.8 Å². The number of hydrogen-bond donors (Lipinski definition) is 1. The van der Waals surface area contributed by atoms with Crippen molar-refractivity contribution in [3.63, 3.8) is 0 Å². The van der Waals surface area contributed by atoms with Gasteiger partial charge in [-0.15, -0.1) is 11.3 Å². The number of hydrogen-bond acceptors (Lipinski definition) is 6. The second-order valence-corrected chi connectivity index (χ2v) is 7.43. The average molecular weight is 361 g/mol. The number of rotatable bonds is 7. The summed E-state index contributed by atoms with van der Waals surface area (Å²) < 4.78 is 5.38. The van der Waals surface area contributed by atoms with Gasteiger partial charge in [0.1, 0.15) is 0 Å². The van der Waals surface area contributed by atoms with Gasteiger partial charge in [0.25, 0.3) is 5.69 Å². The highest BCUT2D eigenvalue weighted by Gasteiger charge is 2.14. The van der Waals surface area contributed by atoms with Gasteiger partial charge in [-0.2, -0.15) is 0 Å². The van der Waals surface area contributed by atoms with Crippen LogP contribution in [0.2, 0.25) is 0 Å². The normalized spacial score (nSPS) is 16.7. The van der Waals surface area contributed by atoms with Crippen molar-refractivity contribution in [3.05, 3.63) is 51.4 Å². The highest BCUT2D eigenvalue weighted by molar-refractivity contribution is 7.15. The molecule has 1 unspecified atom stereocenters. The summed E-state index contributed by atoms with van der Waals surface area (Å²) in [6.45, 7) is 7.75. The summed E-state index contributed by atoms with van der Waals surface area (Å²) in [5.41, 5.74) is 1.14. The van der Waals surface area contributed by atoms with Gasteiger partial charge in [0.15, 0.2) is 0 Å². The van der Waals surface area contributed by atoms with Gasteiger partial charge < -0.3 is 10.1 Å². The third-order valence-corrected chi connectivity index (χ3v) is 5.42. The van der Waals surface area contributed by atoms with Crippen molar-refractivity contribution in [1.82, 2.24) is 10.2 Å². The van der Waals surface area contributed by atoms with Gasteiger partial charge in [0.05, 0.1) is 18.1 Å². The zero-order chi connectivity index (χ0) is 17.6. The Hall–Kier alpha value is -1.80. The van der Waals surface area contributed by atoms with E-state index in [1.165, 1.54) is 4.88 Å². The first-order valence-corrected chi connectivity index (χ1v) is 9.30. The molecule has 2 aromatic rings. The van der Waals surface area contributed by atoms with Gasteiger partial charge in [-0.1, -0.05) is 0 Å². The molecule has 0 bridgehead atoms. The van der Waals surface area contributed by atoms with Crippen LogP contribution in [0.3, 0.4) is 0 Å². The Balaban J connectivity index is 1.51. The van der Waals surface area contributed by atoms with Gasteiger partial charge >= 0.3 is 0 Å². The molecule has 1 saturated heterocycles. The number of benzene rings is 1. The third-order valence-electron chi connectivity index (χ3n) is 4.28. The highest BCUT2D eigenvalue weighted by atomic mass is 32.1. The maximum absolute atomic E-state index is 10.7. The zero-order valence-electron chi connectivity index (χ0n) is 14.3. The Labute approximate surface area is 151 Å². The molecule has 1 fully saturated rings. The Morgan fingerprint density at radius 1 is 1.24 bits per heavy atom. The summed E-state index contributed by atoms with van der Waals surface area (Å²) in [6, 6.07) is 11.3. The maximum Gasteiger partial charge on any atom is 0.269 e. The number of ether oxygens (including phenoxy) is 1. The molecule has 134 valence electrons. The number of nitro groups is 1. The minimum atomic E-state index is -0.372. The molecule has 3 rings (SSSR count). The van der Waals surface area contributed by atoms with E-state index in [1.807, 2.05) is 12.1 Å². The Bertz CT molecular complexity index is 696. The maximum atomic E-state index is 10.7. The van der Waals surface area contributed by atoms with Gasteiger partial charge in [-0.25, -0.2) is 0 Å². The molecule has 1 aromatic carbocycles. The van der Waals surface area contributed by atoms with Gasteiger partial charge in [-0.3, -0.25) is 15.0 Å². The van der Waals surface area contributed by atoms with Crippen LogP contribution in [0.5, 0.6) is 0 Å². The van der Waals surface area contributed by atoms with E-state index in [9.17, 15) is 10.1 Å². The molecule has 0 aliphatic carbocycles. The quantitative estimate of drug-likeness (QED) is 0.606.